The molecule has 0 N–H and O–H groups in total. The molecule has 3 aromatic heterocycles. The van der Waals surface area contributed by atoms with Crippen molar-refractivity contribution in [2.24, 2.45) is 0 Å². The maximum absolute atomic E-state index is 12.4. The summed E-state index contributed by atoms with van der Waals surface area (Å²) >= 11 is 0. The zero-order valence-corrected chi connectivity index (χ0v) is 14.5. The first-order chi connectivity index (χ1) is 12.1. The normalized spacial score (nSPS) is 18.6. The Morgan fingerprint density at radius 1 is 1.32 bits per heavy atom. The monoisotopic (exact) mass is 342 g/mol. The van der Waals surface area contributed by atoms with E-state index in [1.54, 1.807) is 10.6 Å². The van der Waals surface area contributed by atoms with Crippen molar-refractivity contribution < 1.29 is 4.52 Å². The van der Waals surface area contributed by atoms with Gasteiger partial charge in [-0.25, -0.2) is 9.48 Å². The highest BCUT2D eigenvalue weighted by atomic mass is 16.5. The maximum Gasteiger partial charge on any atom is 0.350 e. The van der Waals surface area contributed by atoms with Crippen molar-refractivity contribution in [1.29, 1.82) is 0 Å². The maximum atomic E-state index is 12.4. The van der Waals surface area contributed by atoms with Gasteiger partial charge in [0.05, 0.1) is 12.6 Å². The molecule has 0 bridgehead atoms. The number of likely N-dealkylation sites (tertiary alicyclic amines) is 1. The predicted molar refractivity (Wildman–Crippen MR) is 91.4 cm³/mol. The van der Waals surface area contributed by atoms with E-state index in [2.05, 4.69) is 20.1 Å². The van der Waals surface area contributed by atoms with Crippen LogP contribution in [0.15, 0.2) is 33.7 Å². The van der Waals surface area contributed by atoms with E-state index in [1.165, 1.54) is 4.68 Å². The lowest BCUT2D eigenvalue weighted by molar-refractivity contribution is 0.229. The molecule has 0 aliphatic carbocycles. The van der Waals surface area contributed by atoms with Gasteiger partial charge in [-0.1, -0.05) is 25.1 Å². The molecule has 1 aliphatic heterocycles. The summed E-state index contributed by atoms with van der Waals surface area (Å²) in [5.74, 6) is 1.66. The first kappa shape index (κ1) is 16.0. The Bertz CT molecular complexity index is 925. The fourth-order valence-corrected chi connectivity index (χ4v) is 3.34. The molecule has 1 atom stereocenters. The molecule has 1 unspecified atom stereocenters. The molecule has 25 heavy (non-hydrogen) atoms. The lowest BCUT2D eigenvalue weighted by Gasteiger charge is -2.21. The second-order valence-electron chi connectivity index (χ2n) is 6.77. The molecule has 4 heterocycles. The van der Waals surface area contributed by atoms with Crippen LogP contribution >= 0.6 is 0 Å². The largest absolute Gasteiger partial charge is 0.350 e. The standard InChI is InChI=1S/C17H22N6O2/c1-12(2)16-18-15(20-25-16)13-6-5-8-21(13)10-11-23-17(24)22-9-4-3-7-14(22)19-23/h3-4,7,9,12-13H,5-6,8,10-11H2,1-2H3. The summed E-state index contributed by atoms with van der Waals surface area (Å²) in [5.41, 5.74) is 0.568. The second-order valence-corrected chi connectivity index (χ2v) is 6.77. The summed E-state index contributed by atoms with van der Waals surface area (Å²) in [4.78, 5) is 19.2. The minimum absolute atomic E-state index is 0.104. The van der Waals surface area contributed by atoms with Crippen LogP contribution in [0.3, 0.4) is 0 Å². The third-order valence-electron chi connectivity index (χ3n) is 4.70. The average Bonchev–Trinajstić information content (AvgIpc) is 3.31. The smallest absolute Gasteiger partial charge is 0.339 e. The van der Waals surface area contributed by atoms with E-state index in [0.29, 0.717) is 18.1 Å². The highest BCUT2D eigenvalue weighted by molar-refractivity contribution is 5.35. The van der Waals surface area contributed by atoms with Gasteiger partial charge < -0.3 is 4.52 Å². The number of pyridine rings is 1. The SMILES string of the molecule is CC(C)c1nc(C2CCCN2CCn2nc3ccccn3c2=O)no1. The average molecular weight is 342 g/mol. The van der Waals surface area contributed by atoms with Gasteiger partial charge in [0.1, 0.15) is 0 Å². The quantitative estimate of drug-likeness (QED) is 0.704. The van der Waals surface area contributed by atoms with Gasteiger partial charge in [0, 0.05) is 18.7 Å². The topological polar surface area (TPSA) is 81.5 Å². The van der Waals surface area contributed by atoms with Crippen molar-refractivity contribution in [3.8, 4) is 0 Å². The van der Waals surface area contributed by atoms with Crippen LogP contribution in [0.5, 0.6) is 0 Å². The number of hydrogen-bond acceptors (Lipinski definition) is 6. The van der Waals surface area contributed by atoms with Gasteiger partial charge in [0.15, 0.2) is 11.5 Å². The number of hydrogen-bond donors (Lipinski definition) is 0. The Balaban J connectivity index is 1.49. The summed E-state index contributed by atoms with van der Waals surface area (Å²) in [6, 6.07) is 5.71. The molecule has 0 spiro atoms. The number of fused-ring (bicyclic) bond motifs is 1. The van der Waals surface area contributed by atoms with Crippen LogP contribution in [0.4, 0.5) is 0 Å². The fraction of sp³-hybridized carbons (Fsp3) is 0.529. The molecule has 0 aromatic carbocycles. The predicted octanol–water partition coefficient (Wildman–Crippen LogP) is 1.84. The van der Waals surface area contributed by atoms with Crippen molar-refractivity contribution in [2.75, 3.05) is 13.1 Å². The molecule has 0 saturated carbocycles. The Morgan fingerprint density at radius 2 is 2.20 bits per heavy atom. The van der Waals surface area contributed by atoms with Crippen molar-refractivity contribution in [2.45, 2.75) is 45.2 Å². The molecule has 8 heteroatoms. The first-order valence-corrected chi connectivity index (χ1v) is 8.75. The second kappa shape index (κ2) is 6.44. The highest BCUT2D eigenvalue weighted by Gasteiger charge is 2.30. The van der Waals surface area contributed by atoms with Gasteiger partial charge in [-0.05, 0) is 31.5 Å². The van der Waals surface area contributed by atoms with Crippen LogP contribution in [-0.4, -0.2) is 42.3 Å². The molecule has 132 valence electrons. The zero-order chi connectivity index (χ0) is 17.4. The molecule has 1 fully saturated rings. The van der Waals surface area contributed by atoms with Crippen LogP contribution in [0, 0.1) is 0 Å². The van der Waals surface area contributed by atoms with Crippen LogP contribution < -0.4 is 5.69 Å². The first-order valence-electron chi connectivity index (χ1n) is 8.75. The van der Waals surface area contributed by atoms with Crippen LogP contribution in [0.1, 0.15) is 50.4 Å². The van der Waals surface area contributed by atoms with Crippen LogP contribution in [0.2, 0.25) is 0 Å². The Labute approximate surface area is 145 Å². The molecule has 4 rings (SSSR count). The number of nitrogens with zero attached hydrogens (tertiary/aromatic N) is 6. The van der Waals surface area contributed by atoms with Crippen LogP contribution in [0.25, 0.3) is 5.65 Å². The molecule has 0 amide bonds. The van der Waals surface area contributed by atoms with E-state index < -0.39 is 0 Å². The molecule has 8 nitrogen and oxygen atoms in total. The summed E-state index contributed by atoms with van der Waals surface area (Å²) < 4.78 is 8.44. The van der Waals surface area contributed by atoms with Gasteiger partial charge in [-0.3, -0.25) is 9.30 Å². The lowest BCUT2D eigenvalue weighted by Crippen LogP contribution is -2.31. The van der Waals surface area contributed by atoms with E-state index in [1.807, 2.05) is 32.0 Å². The minimum atomic E-state index is -0.104. The molecular formula is C17H22N6O2. The lowest BCUT2D eigenvalue weighted by atomic mass is 10.2. The minimum Gasteiger partial charge on any atom is -0.339 e. The van der Waals surface area contributed by atoms with E-state index in [0.717, 1.165) is 31.8 Å². The number of rotatable bonds is 5. The van der Waals surface area contributed by atoms with Gasteiger partial charge in [0.25, 0.3) is 0 Å². The molecule has 1 saturated heterocycles. The Kier molecular flexibility index (Phi) is 4.12. The molecule has 1 aliphatic rings. The third kappa shape index (κ3) is 2.97. The van der Waals surface area contributed by atoms with Crippen molar-refractivity contribution in [3.63, 3.8) is 0 Å². The third-order valence-corrected chi connectivity index (χ3v) is 4.70. The summed E-state index contributed by atoms with van der Waals surface area (Å²) in [5, 5.41) is 8.55. The molecular weight excluding hydrogens is 320 g/mol. The van der Waals surface area contributed by atoms with Crippen molar-refractivity contribution in [1.82, 2.24) is 29.2 Å². The molecule has 3 aromatic rings. The summed E-state index contributed by atoms with van der Waals surface area (Å²) in [6.07, 6.45) is 3.85. The van der Waals surface area contributed by atoms with Crippen molar-refractivity contribution >= 4 is 5.65 Å². The van der Waals surface area contributed by atoms with E-state index >= 15 is 0 Å². The number of aromatic nitrogens is 5. The highest BCUT2D eigenvalue weighted by Crippen LogP contribution is 2.30. The van der Waals surface area contributed by atoms with Gasteiger partial charge in [0.2, 0.25) is 5.89 Å². The Hall–Kier alpha value is -2.48. The van der Waals surface area contributed by atoms with Gasteiger partial charge in [-0.2, -0.15) is 4.98 Å². The van der Waals surface area contributed by atoms with Crippen LogP contribution in [-0.2, 0) is 6.54 Å². The van der Waals surface area contributed by atoms with Gasteiger partial charge >= 0.3 is 5.69 Å². The fourth-order valence-electron chi connectivity index (χ4n) is 3.34. The Morgan fingerprint density at radius 3 is 2.96 bits per heavy atom. The molecule has 0 radical (unpaired) electrons. The van der Waals surface area contributed by atoms with Gasteiger partial charge in [-0.15, -0.1) is 5.10 Å². The van der Waals surface area contributed by atoms with E-state index in [9.17, 15) is 4.79 Å². The zero-order valence-electron chi connectivity index (χ0n) is 14.5. The van der Waals surface area contributed by atoms with E-state index in [4.69, 9.17) is 4.52 Å². The summed E-state index contributed by atoms with van der Waals surface area (Å²) in [7, 11) is 0. The van der Waals surface area contributed by atoms with Crippen molar-refractivity contribution in [3.05, 3.63) is 46.6 Å². The summed E-state index contributed by atoms with van der Waals surface area (Å²) in [6.45, 7) is 6.34. The van der Waals surface area contributed by atoms with E-state index in [-0.39, 0.29) is 17.6 Å².